The molecule has 3 N–H and O–H groups in total. The molecule has 3 nitrogen and oxygen atoms in total. The molecule has 18 heavy (non-hydrogen) atoms. The lowest BCUT2D eigenvalue weighted by Gasteiger charge is -2.37. The van der Waals surface area contributed by atoms with Crippen LogP contribution in [0.25, 0.3) is 0 Å². The maximum Gasteiger partial charge on any atom is 0.0207 e. The highest BCUT2D eigenvalue weighted by atomic mass is 15.2. The topological polar surface area (TPSA) is 41.3 Å². The Balaban J connectivity index is 1.45. The Morgan fingerprint density at radius 1 is 1.11 bits per heavy atom. The molecule has 1 atom stereocenters. The van der Waals surface area contributed by atoms with Gasteiger partial charge in [-0.2, -0.15) is 0 Å². The van der Waals surface area contributed by atoms with Crippen molar-refractivity contribution in [2.75, 3.05) is 26.2 Å². The molecule has 3 heteroatoms. The summed E-state index contributed by atoms with van der Waals surface area (Å²) in [6.07, 6.45) is 11.1. The van der Waals surface area contributed by atoms with Gasteiger partial charge in [0.05, 0.1) is 0 Å². The second-order valence-corrected chi connectivity index (χ2v) is 6.86. The van der Waals surface area contributed by atoms with Crippen molar-refractivity contribution in [1.29, 1.82) is 0 Å². The predicted molar refractivity (Wildman–Crippen MR) is 75.6 cm³/mol. The van der Waals surface area contributed by atoms with Crippen molar-refractivity contribution < 1.29 is 0 Å². The molecule has 3 fully saturated rings. The van der Waals surface area contributed by atoms with Gasteiger partial charge in [0, 0.05) is 31.7 Å². The van der Waals surface area contributed by atoms with Crippen molar-refractivity contribution >= 4 is 0 Å². The van der Waals surface area contributed by atoms with E-state index < -0.39 is 0 Å². The standard InChI is InChI=1S/C15H29N3/c16-11-15(7-2-1-3-8-15)12-17-13-6-9-18(10-13)14-4-5-14/h13-14,17H,1-12,16H2. The Kier molecular flexibility index (Phi) is 3.92. The summed E-state index contributed by atoms with van der Waals surface area (Å²) in [5.74, 6) is 0. The molecule has 0 aromatic heterocycles. The molecule has 1 heterocycles. The summed E-state index contributed by atoms with van der Waals surface area (Å²) in [5, 5.41) is 3.83. The Morgan fingerprint density at radius 3 is 2.56 bits per heavy atom. The number of hydrogen-bond acceptors (Lipinski definition) is 3. The van der Waals surface area contributed by atoms with E-state index in [1.807, 2.05) is 0 Å². The first-order valence-electron chi connectivity index (χ1n) is 7.99. The number of likely N-dealkylation sites (tertiary alicyclic amines) is 1. The van der Waals surface area contributed by atoms with E-state index in [0.717, 1.165) is 25.2 Å². The maximum absolute atomic E-state index is 6.06. The van der Waals surface area contributed by atoms with Crippen LogP contribution in [0.4, 0.5) is 0 Å². The quantitative estimate of drug-likeness (QED) is 0.782. The SMILES string of the molecule is NCC1(CNC2CCN(C3CC3)C2)CCCCC1. The summed E-state index contributed by atoms with van der Waals surface area (Å²) in [4.78, 5) is 2.69. The van der Waals surface area contributed by atoms with Gasteiger partial charge in [0.25, 0.3) is 0 Å². The lowest BCUT2D eigenvalue weighted by molar-refractivity contribution is 0.184. The average molecular weight is 251 g/mol. The zero-order valence-electron chi connectivity index (χ0n) is 11.7. The zero-order valence-corrected chi connectivity index (χ0v) is 11.7. The van der Waals surface area contributed by atoms with Gasteiger partial charge in [-0.05, 0) is 44.1 Å². The van der Waals surface area contributed by atoms with Crippen LogP contribution in [-0.2, 0) is 0 Å². The molecule has 0 aromatic rings. The van der Waals surface area contributed by atoms with Gasteiger partial charge in [0.15, 0.2) is 0 Å². The minimum Gasteiger partial charge on any atom is -0.330 e. The van der Waals surface area contributed by atoms with Gasteiger partial charge in [0.2, 0.25) is 0 Å². The van der Waals surface area contributed by atoms with Gasteiger partial charge >= 0.3 is 0 Å². The lowest BCUT2D eigenvalue weighted by Crippen LogP contribution is -2.45. The highest BCUT2D eigenvalue weighted by molar-refractivity contribution is 4.93. The molecule has 1 saturated heterocycles. The Morgan fingerprint density at radius 2 is 1.89 bits per heavy atom. The van der Waals surface area contributed by atoms with Crippen LogP contribution in [0.15, 0.2) is 0 Å². The summed E-state index contributed by atoms with van der Waals surface area (Å²) < 4.78 is 0. The number of nitrogens with one attached hydrogen (secondary N) is 1. The molecule has 104 valence electrons. The molecule has 3 aliphatic rings. The summed E-state index contributed by atoms with van der Waals surface area (Å²) in [6.45, 7) is 4.63. The van der Waals surface area contributed by atoms with Crippen molar-refractivity contribution in [1.82, 2.24) is 10.2 Å². The van der Waals surface area contributed by atoms with Gasteiger partial charge in [-0.3, -0.25) is 4.90 Å². The smallest absolute Gasteiger partial charge is 0.0207 e. The third-order valence-corrected chi connectivity index (χ3v) is 5.40. The molecule has 0 spiro atoms. The van der Waals surface area contributed by atoms with Crippen LogP contribution < -0.4 is 11.1 Å². The summed E-state index contributed by atoms with van der Waals surface area (Å²) in [7, 11) is 0. The van der Waals surface area contributed by atoms with Gasteiger partial charge in [0.1, 0.15) is 0 Å². The van der Waals surface area contributed by atoms with Crippen molar-refractivity contribution in [3.05, 3.63) is 0 Å². The summed E-state index contributed by atoms with van der Waals surface area (Å²) in [5.41, 5.74) is 6.48. The van der Waals surface area contributed by atoms with Gasteiger partial charge in [-0.25, -0.2) is 0 Å². The highest BCUT2D eigenvalue weighted by Gasteiger charge is 2.36. The molecule has 3 rings (SSSR count). The van der Waals surface area contributed by atoms with Gasteiger partial charge in [-0.1, -0.05) is 19.3 Å². The normalized spacial score (nSPS) is 32.8. The highest BCUT2D eigenvalue weighted by Crippen LogP contribution is 2.35. The molecular formula is C15H29N3. The minimum absolute atomic E-state index is 0.422. The molecule has 0 amide bonds. The lowest BCUT2D eigenvalue weighted by atomic mass is 9.74. The average Bonchev–Trinajstić information content (AvgIpc) is 3.17. The van der Waals surface area contributed by atoms with Crippen LogP contribution in [0.5, 0.6) is 0 Å². The van der Waals surface area contributed by atoms with Crippen molar-refractivity contribution in [2.24, 2.45) is 11.1 Å². The predicted octanol–water partition coefficient (Wildman–Crippen LogP) is 1.72. The van der Waals surface area contributed by atoms with E-state index in [-0.39, 0.29) is 0 Å². The largest absolute Gasteiger partial charge is 0.330 e. The first-order chi connectivity index (χ1) is 8.81. The molecule has 1 aliphatic heterocycles. The van der Waals surface area contributed by atoms with E-state index in [2.05, 4.69) is 10.2 Å². The maximum atomic E-state index is 6.06. The fourth-order valence-corrected chi connectivity index (χ4v) is 3.84. The number of nitrogens with zero attached hydrogens (tertiary/aromatic N) is 1. The monoisotopic (exact) mass is 251 g/mol. The number of nitrogens with two attached hydrogens (primary N) is 1. The van der Waals surface area contributed by atoms with Crippen molar-refractivity contribution in [2.45, 2.75) is 63.5 Å². The van der Waals surface area contributed by atoms with Crippen molar-refractivity contribution in [3.8, 4) is 0 Å². The van der Waals surface area contributed by atoms with E-state index in [0.29, 0.717) is 5.41 Å². The van der Waals surface area contributed by atoms with E-state index >= 15 is 0 Å². The third-order valence-electron chi connectivity index (χ3n) is 5.40. The van der Waals surface area contributed by atoms with Gasteiger partial charge < -0.3 is 11.1 Å². The van der Waals surface area contributed by atoms with Crippen LogP contribution >= 0.6 is 0 Å². The molecule has 1 unspecified atom stereocenters. The Labute approximate surface area is 111 Å². The van der Waals surface area contributed by atoms with Gasteiger partial charge in [-0.15, -0.1) is 0 Å². The molecule has 2 aliphatic carbocycles. The fraction of sp³-hybridized carbons (Fsp3) is 1.00. The van der Waals surface area contributed by atoms with Crippen molar-refractivity contribution in [3.63, 3.8) is 0 Å². The van der Waals surface area contributed by atoms with Crippen LogP contribution in [0.2, 0.25) is 0 Å². The Bertz CT molecular complexity index is 269. The van der Waals surface area contributed by atoms with Crippen LogP contribution in [-0.4, -0.2) is 43.2 Å². The molecule has 0 aromatic carbocycles. The number of hydrogen-bond donors (Lipinski definition) is 2. The first kappa shape index (κ1) is 12.9. The molecule has 0 radical (unpaired) electrons. The van der Waals surface area contributed by atoms with E-state index in [1.54, 1.807) is 0 Å². The fourth-order valence-electron chi connectivity index (χ4n) is 3.84. The first-order valence-corrected chi connectivity index (χ1v) is 7.99. The third kappa shape index (κ3) is 2.89. The van der Waals surface area contributed by atoms with E-state index in [4.69, 9.17) is 5.73 Å². The molecule has 0 bridgehead atoms. The second-order valence-electron chi connectivity index (χ2n) is 6.86. The number of rotatable bonds is 5. The molecular weight excluding hydrogens is 222 g/mol. The molecule has 2 saturated carbocycles. The Hall–Kier alpha value is -0.120. The summed E-state index contributed by atoms with van der Waals surface area (Å²) >= 11 is 0. The van der Waals surface area contributed by atoms with E-state index in [1.165, 1.54) is 64.5 Å². The zero-order chi connectivity index (χ0) is 12.4. The van der Waals surface area contributed by atoms with E-state index in [9.17, 15) is 0 Å². The minimum atomic E-state index is 0.422. The van der Waals surface area contributed by atoms with Crippen LogP contribution in [0, 0.1) is 5.41 Å². The van der Waals surface area contributed by atoms with Crippen LogP contribution in [0.3, 0.4) is 0 Å². The summed E-state index contributed by atoms with van der Waals surface area (Å²) in [6, 6.07) is 1.67. The van der Waals surface area contributed by atoms with Crippen LogP contribution in [0.1, 0.15) is 51.4 Å². The second kappa shape index (κ2) is 5.48.